The van der Waals surface area contributed by atoms with E-state index < -0.39 is 5.97 Å². The highest BCUT2D eigenvalue weighted by Crippen LogP contribution is 2.33. The van der Waals surface area contributed by atoms with Crippen LogP contribution in [-0.2, 0) is 0 Å². The number of hydrogen-bond acceptors (Lipinski definition) is 2. The van der Waals surface area contributed by atoms with E-state index in [1.54, 1.807) is 12.1 Å². The molecule has 0 bridgehead atoms. The molecule has 0 aliphatic heterocycles. The molecule has 0 radical (unpaired) electrons. The van der Waals surface area contributed by atoms with E-state index in [1.165, 1.54) is 12.8 Å². The first kappa shape index (κ1) is 11.0. The van der Waals surface area contributed by atoms with Crippen molar-refractivity contribution in [1.82, 2.24) is 0 Å². The fourth-order valence-corrected chi connectivity index (χ4v) is 1.75. The maximum Gasteiger partial charge on any atom is 0.339 e. The average molecular weight is 220 g/mol. The third-order valence-electron chi connectivity index (χ3n) is 2.91. The molecule has 0 amide bonds. The smallest absolute Gasteiger partial charge is 0.339 e. The van der Waals surface area contributed by atoms with Crippen molar-refractivity contribution in [3.63, 3.8) is 0 Å². The monoisotopic (exact) mass is 220 g/mol. The summed E-state index contributed by atoms with van der Waals surface area (Å²) in [5, 5.41) is 9.03. The first-order chi connectivity index (χ1) is 7.68. The first-order valence-electron chi connectivity index (χ1n) is 5.64. The third-order valence-corrected chi connectivity index (χ3v) is 2.91. The molecule has 0 unspecified atom stereocenters. The summed E-state index contributed by atoms with van der Waals surface area (Å²) in [5.41, 5.74) is 1.14. The van der Waals surface area contributed by atoms with Crippen molar-refractivity contribution in [3.05, 3.63) is 29.3 Å². The van der Waals surface area contributed by atoms with Crippen LogP contribution in [0.2, 0.25) is 0 Å². The quantitative estimate of drug-likeness (QED) is 0.829. The Hall–Kier alpha value is -1.51. The van der Waals surface area contributed by atoms with Crippen LogP contribution in [0.4, 0.5) is 0 Å². The molecule has 16 heavy (non-hydrogen) atoms. The normalized spacial score (nSPS) is 14.8. The Balaban J connectivity index is 2.06. The Bertz CT molecular complexity index is 394. The largest absolute Gasteiger partial charge is 0.492 e. The lowest BCUT2D eigenvalue weighted by Crippen LogP contribution is -2.06. The highest BCUT2D eigenvalue weighted by Gasteiger charge is 2.21. The Kier molecular flexibility index (Phi) is 3.13. The fraction of sp³-hybridized carbons (Fsp3) is 0.462. The van der Waals surface area contributed by atoms with Gasteiger partial charge in [-0.2, -0.15) is 0 Å². The molecule has 3 nitrogen and oxygen atoms in total. The predicted octanol–water partition coefficient (Wildman–Crippen LogP) is 2.87. The van der Waals surface area contributed by atoms with Gasteiger partial charge in [0.2, 0.25) is 0 Å². The molecule has 1 N–H and O–H groups in total. The fourth-order valence-electron chi connectivity index (χ4n) is 1.75. The van der Waals surface area contributed by atoms with E-state index in [0.717, 1.165) is 17.9 Å². The summed E-state index contributed by atoms with van der Waals surface area (Å²) in [6, 6.07) is 5.20. The molecule has 1 aliphatic rings. The van der Waals surface area contributed by atoms with Gasteiger partial charge >= 0.3 is 5.97 Å². The van der Waals surface area contributed by atoms with Crippen LogP contribution in [-0.4, -0.2) is 17.7 Å². The Morgan fingerprint density at radius 1 is 1.50 bits per heavy atom. The molecule has 0 heterocycles. The molecule has 1 fully saturated rings. The van der Waals surface area contributed by atoms with Gasteiger partial charge in [0.05, 0.1) is 6.61 Å². The van der Waals surface area contributed by atoms with Crippen molar-refractivity contribution in [2.45, 2.75) is 26.2 Å². The van der Waals surface area contributed by atoms with E-state index in [1.807, 2.05) is 13.0 Å². The molecule has 0 atom stereocenters. The SMILES string of the molecule is Cc1cccc(C(=O)O)c1OCCC1CC1. The van der Waals surface area contributed by atoms with Crippen molar-refractivity contribution in [1.29, 1.82) is 0 Å². The van der Waals surface area contributed by atoms with Gasteiger partial charge in [0.25, 0.3) is 0 Å². The van der Waals surface area contributed by atoms with Gasteiger partial charge in [0, 0.05) is 0 Å². The molecule has 1 aromatic carbocycles. The number of ether oxygens (including phenoxy) is 1. The molecule has 3 heteroatoms. The minimum atomic E-state index is -0.926. The highest BCUT2D eigenvalue weighted by molar-refractivity contribution is 5.91. The lowest BCUT2D eigenvalue weighted by Gasteiger charge is -2.11. The van der Waals surface area contributed by atoms with E-state index in [-0.39, 0.29) is 5.56 Å². The molecule has 2 rings (SSSR count). The topological polar surface area (TPSA) is 46.5 Å². The Morgan fingerprint density at radius 3 is 2.88 bits per heavy atom. The molecule has 1 saturated carbocycles. The van der Waals surface area contributed by atoms with Crippen LogP contribution in [0.3, 0.4) is 0 Å². The zero-order valence-electron chi connectivity index (χ0n) is 9.40. The standard InChI is InChI=1S/C13H16O3/c1-9-3-2-4-11(13(14)15)12(9)16-8-7-10-5-6-10/h2-4,10H,5-8H2,1H3,(H,14,15). The van der Waals surface area contributed by atoms with Gasteiger partial charge < -0.3 is 9.84 Å². The first-order valence-corrected chi connectivity index (χ1v) is 5.64. The lowest BCUT2D eigenvalue weighted by atomic mass is 10.1. The number of benzene rings is 1. The average Bonchev–Trinajstić information content (AvgIpc) is 3.04. The van der Waals surface area contributed by atoms with Gasteiger partial charge in [0.15, 0.2) is 0 Å². The van der Waals surface area contributed by atoms with Gasteiger partial charge in [-0.15, -0.1) is 0 Å². The number of hydrogen-bond donors (Lipinski definition) is 1. The van der Waals surface area contributed by atoms with Crippen LogP contribution in [0.25, 0.3) is 0 Å². The van der Waals surface area contributed by atoms with Crippen LogP contribution in [0.1, 0.15) is 35.2 Å². The number of rotatable bonds is 5. The van der Waals surface area contributed by atoms with E-state index in [9.17, 15) is 4.79 Å². The van der Waals surface area contributed by atoms with E-state index >= 15 is 0 Å². The molecule has 0 spiro atoms. The minimum absolute atomic E-state index is 0.260. The summed E-state index contributed by atoms with van der Waals surface area (Å²) in [6.07, 6.45) is 3.62. The molecule has 86 valence electrons. The number of carboxylic acids is 1. The number of carboxylic acid groups (broad SMARTS) is 1. The second-order valence-corrected chi connectivity index (χ2v) is 4.34. The van der Waals surface area contributed by atoms with Crippen LogP contribution in [0, 0.1) is 12.8 Å². The summed E-state index contributed by atoms with van der Waals surface area (Å²) in [5.74, 6) is 0.401. The Labute approximate surface area is 95.0 Å². The van der Waals surface area contributed by atoms with Crippen LogP contribution < -0.4 is 4.74 Å². The second kappa shape index (κ2) is 4.56. The lowest BCUT2D eigenvalue weighted by molar-refractivity contribution is 0.0692. The molecule has 0 aromatic heterocycles. The van der Waals surface area contributed by atoms with E-state index in [0.29, 0.717) is 12.4 Å². The maximum absolute atomic E-state index is 11.0. The summed E-state index contributed by atoms with van der Waals surface area (Å²) in [7, 11) is 0. The van der Waals surface area contributed by atoms with Gasteiger partial charge in [-0.1, -0.05) is 25.0 Å². The van der Waals surface area contributed by atoms with Gasteiger partial charge in [0.1, 0.15) is 11.3 Å². The number of aromatic carboxylic acids is 1. The van der Waals surface area contributed by atoms with Crippen molar-refractivity contribution in [2.24, 2.45) is 5.92 Å². The molecular weight excluding hydrogens is 204 g/mol. The summed E-state index contributed by atoms with van der Waals surface area (Å²) in [6.45, 7) is 2.49. The van der Waals surface area contributed by atoms with Crippen LogP contribution in [0.5, 0.6) is 5.75 Å². The van der Waals surface area contributed by atoms with Gasteiger partial charge in [-0.3, -0.25) is 0 Å². The van der Waals surface area contributed by atoms with Gasteiger partial charge in [-0.05, 0) is 30.9 Å². The van der Waals surface area contributed by atoms with Crippen molar-refractivity contribution < 1.29 is 14.6 Å². The van der Waals surface area contributed by atoms with Crippen molar-refractivity contribution in [2.75, 3.05) is 6.61 Å². The van der Waals surface area contributed by atoms with Crippen LogP contribution in [0.15, 0.2) is 18.2 Å². The van der Waals surface area contributed by atoms with Crippen LogP contribution >= 0.6 is 0 Å². The molecular formula is C13H16O3. The minimum Gasteiger partial charge on any atom is -0.492 e. The summed E-state index contributed by atoms with van der Waals surface area (Å²) in [4.78, 5) is 11.0. The summed E-state index contributed by atoms with van der Waals surface area (Å²) < 4.78 is 5.60. The number of para-hydroxylation sites is 1. The summed E-state index contributed by atoms with van der Waals surface area (Å²) >= 11 is 0. The third kappa shape index (κ3) is 2.54. The molecule has 1 aliphatic carbocycles. The maximum atomic E-state index is 11.0. The zero-order valence-corrected chi connectivity index (χ0v) is 9.40. The number of aryl methyl sites for hydroxylation is 1. The molecule has 0 saturated heterocycles. The number of carbonyl (C=O) groups is 1. The highest BCUT2D eigenvalue weighted by atomic mass is 16.5. The Morgan fingerprint density at radius 2 is 2.25 bits per heavy atom. The van der Waals surface area contributed by atoms with Gasteiger partial charge in [-0.25, -0.2) is 4.79 Å². The van der Waals surface area contributed by atoms with E-state index in [4.69, 9.17) is 9.84 Å². The molecule has 1 aromatic rings. The zero-order chi connectivity index (χ0) is 11.5. The van der Waals surface area contributed by atoms with Crippen molar-refractivity contribution in [3.8, 4) is 5.75 Å². The predicted molar refractivity (Wildman–Crippen MR) is 61.0 cm³/mol. The second-order valence-electron chi connectivity index (χ2n) is 4.34. The van der Waals surface area contributed by atoms with Crippen molar-refractivity contribution >= 4 is 5.97 Å². The van der Waals surface area contributed by atoms with E-state index in [2.05, 4.69) is 0 Å².